The molecule has 0 bridgehead atoms. The van der Waals surface area contributed by atoms with Gasteiger partial charge in [-0.3, -0.25) is 4.79 Å². The summed E-state index contributed by atoms with van der Waals surface area (Å²) in [6.07, 6.45) is 1.29. The summed E-state index contributed by atoms with van der Waals surface area (Å²) in [7, 11) is -2.16. The van der Waals surface area contributed by atoms with E-state index in [1.807, 2.05) is 13.0 Å². The van der Waals surface area contributed by atoms with Crippen LogP contribution in [-0.4, -0.2) is 21.4 Å². The van der Waals surface area contributed by atoms with E-state index in [1.165, 1.54) is 25.3 Å². The van der Waals surface area contributed by atoms with Crippen molar-refractivity contribution in [2.75, 3.05) is 12.4 Å². The number of benzene rings is 2. The Kier molecular flexibility index (Phi) is 7.10. The lowest BCUT2D eigenvalue weighted by Gasteiger charge is -2.06. The Hall–Kier alpha value is -3.87. The largest absolute Gasteiger partial charge is 0.497 e. The third-order valence-corrected chi connectivity index (χ3v) is 5.87. The molecular formula is C23H21N3O5S. The van der Waals surface area contributed by atoms with Gasteiger partial charge in [0.25, 0.3) is 5.91 Å². The number of anilines is 1. The van der Waals surface area contributed by atoms with Crippen molar-refractivity contribution in [3.8, 4) is 11.8 Å². The quantitative estimate of drug-likeness (QED) is 0.398. The van der Waals surface area contributed by atoms with E-state index in [2.05, 4.69) is 10.0 Å². The molecule has 3 aromatic rings. The first kappa shape index (κ1) is 22.8. The molecule has 0 aliphatic rings. The predicted molar refractivity (Wildman–Crippen MR) is 119 cm³/mol. The first-order valence-electron chi connectivity index (χ1n) is 9.53. The van der Waals surface area contributed by atoms with Gasteiger partial charge in [-0.05, 0) is 55.5 Å². The van der Waals surface area contributed by atoms with E-state index in [4.69, 9.17) is 9.15 Å². The molecule has 2 N–H and O–H groups in total. The van der Waals surface area contributed by atoms with Gasteiger partial charge in [0.05, 0.1) is 18.6 Å². The van der Waals surface area contributed by atoms with Crippen LogP contribution >= 0.6 is 0 Å². The predicted octanol–water partition coefficient (Wildman–Crippen LogP) is 3.62. The van der Waals surface area contributed by atoms with E-state index in [9.17, 15) is 18.5 Å². The molecule has 8 nitrogen and oxygen atoms in total. The number of nitrogens with one attached hydrogen (secondary N) is 2. The fourth-order valence-corrected chi connectivity index (χ4v) is 3.69. The van der Waals surface area contributed by atoms with Gasteiger partial charge >= 0.3 is 0 Å². The maximum absolute atomic E-state index is 12.4. The first-order valence-corrected chi connectivity index (χ1v) is 11.0. The fourth-order valence-electron chi connectivity index (χ4n) is 2.70. The highest BCUT2D eigenvalue weighted by Crippen LogP contribution is 2.18. The zero-order valence-electron chi connectivity index (χ0n) is 17.5. The molecule has 0 saturated carbocycles. The Morgan fingerprint density at radius 3 is 2.41 bits per heavy atom. The van der Waals surface area contributed by atoms with Crippen LogP contribution in [0.1, 0.15) is 17.1 Å². The van der Waals surface area contributed by atoms with E-state index in [0.717, 1.165) is 5.56 Å². The number of carbonyl (C=O) groups is 1. The Bertz CT molecular complexity index is 1270. The molecule has 0 spiro atoms. The maximum atomic E-state index is 12.4. The molecule has 0 atom stereocenters. The smallest absolute Gasteiger partial charge is 0.266 e. The number of furan rings is 1. The lowest BCUT2D eigenvalue weighted by Crippen LogP contribution is -2.22. The van der Waals surface area contributed by atoms with Gasteiger partial charge in [-0.15, -0.1) is 0 Å². The molecule has 32 heavy (non-hydrogen) atoms. The van der Waals surface area contributed by atoms with Gasteiger partial charge < -0.3 is 14.5 Å². The number of hydrogen-bond donors (Lipinski definition) is 2. The van der Waals surface area contributed by atoms with E-state index >= 15 is 0 Å². The first-order chi connectivity index (χ1) is 15.3. The molecule has 3 rings (SSSR count). The highest BCUT2D eigenvalue weighted by Gasteiger charge is 2.15. The molecule has 0 aliphatic carbocycles. The zero-order valence-corrected chi connectivity index (χ0v) is 18.3. The van der Waals surface area contributed by atoms with E-state index < -0.39 is 15.9 Å². The van der Waals surface area contributed by atoms with Crippen molar-refractivity contribution in [1.82, 2.24) is 4.72 Å². The van der Waals surface area contributed by atoms with Crippen molar-refractivity contribution >= 4 is 27.7 Å². The average molecular weight is 452 g/mol. The van der Waals surface area contributed by atoms with Gasteiger partial charge in [0.1, 0.15) is 28.9 Å². The Morgan fingerprint density at radius 2 is 1.78 bits per heavy atom. The Labute approximate surface area is 186 Å². The van der Waals surface area contributed by atoms with Gasteiger partial charge in [-0.25, -0.2) is 13.1 Å². The van der Waals surface area contributed by atoms with Crippen LogP contribution in [-0.2, 0) is 21.4 Å². The number of nitriles is 1. The average Bonchev–Trinajstić information content (AvgIpc) is 3.24. The molecule has 1 aromatic heterocycles. The molecule has 0 fully saturated rings. The summed E-state index contributed by atoms with van der Waals surface area (Å²) >= 11 is 0. The van der Waals surface area contributed by atoms with Crippen LogP contribution in [0.25, 0.3) is 6.08 Å². The van der Waals surface area contributed by atoms with E-state index in [1.54, 1.807) is 48.5 Å². The molecule has 164 valence electrons. The topological polar surface area (TPSA) is 121 Å². The van der Waals surface area contributed by atoms with Gasteiger partial charge in [0.15, 0.2) is 0 Å². The number of sulfonamides is 1. The molecule has 1 amide bonds. The second-order valence-electron chi connectivity index (χ2n) is 6.79. The third-order valence-electron chi connectivity index (χ3n) is 4.45. The van der Waals surface area contributed by atoms with Crippen LogP contribution in [0, 0.1) is 18.3 Å². The number of ether oxygens (including phenoxy) is 1. The zero-order chi connectivity index (χ0) is 23.1. The Balaban J connectivity index is 1.65. The van der Waals surface area contributed by atoms with Crippen molar-refractivity contribution in [1.29, 1.82) is 5.26 Å². The van der Waals surface area contributed by atoms with Gasteiger partial charge in [0.2, 0.25) is 10.0 Å². The van der Waals surface area contributed by atoms with Gasteiger partial charge in [-0.2, -0.15) is 5.26 Å². The highest BCUT2D eigenvalue weighted by molar-refractivity contribution is 7.89. The molecule has 0 aliphatic heterocycles. The molecule has 0 unspecified atom stereocenters. The standard InChI is InChI=1S/C23H21N3O5S/c1-16-3-11-22(12-4-16)32(28,29)25-15-21-10-9-20(31-21)13-17(14-24)23(27)26-18-5-7-19(30-2)8-6-18/h3-13,25H,15H2,1-2H3,(H,26,27)/b17-13-. The number of nitrogens with zero attached hydrogens (tertiary/aromatic N) is 1. The maximum Gasteiger partial charge on any atom is 0.266 e. The molecular weight excluding hydrogens is 430 g/mol. The molecule has 2 aromatic carbocycles. The SMILES string of the molecule is COc1ccc(NC(=O)/C(C#N)=C\c2ccc(CNS(=O)(=O)c3ccc(C)cc3)o2)cc1. The Morgan fingerprint density at radius 1 is 1.09 bits per heavy atom. The summed E-state index contributed by atoms with van der Waals surface area (Å²) in [5.41, 5.74) is 1.29. The van der Waals surface area contributed by atoms with Crippen molar-refractivity contribution in [2.24, 2.45) is 0 Å². The summed E-state index contributed by atoms with van der Waals surface area (Å²) in [5, 5.41) is 12.0. The van der Waals surface area contributed by atoms with Gasteiger partial charge in [-0.1, -0.05) is 17.7 Å². The third kappa shape index (κ3) is 5.85. The fraction of sp³-hybridized carbons (Fsp3) is 0.130. The minimum atomic E-state index is -3.70. The monoisotopic (exact) mass is 451 g/mol. The molecule has 0 saturated heterocycles. The number of rotatable bonds is 8. The van der Waals surface area contributed by atoms with E-state index in [0.29, 0.717) is 17.2 Å². The lowest BCUT2D eigenvalue weighted by molar-refractivity contribution is -0.112. The minimum absolute atomic E-state index is 0.0794. The van der Waals surface area contributed by atoms with Crippen molar-refractivity contribution in [3.05, 3.63) is 83.3 Å². The number of methoxy groups -OCH3 is 1. The second kappa shape index (κ2) is 9.96. The number of hydrogen-bond acceptors (Lipinski definition) is 6. The van der Waals surface area contributed by atoms with E-state index in [-0.39, 0.29) is 22.8 Å². The molecule has 1 heterocycles. The number of carbonyl (C=O) groups excluding carboxylic acids is 1. The molecule has 9 heteroatoms. The van der Waals surface area contributed by atoms with Crippen LogP contribution in [0.3, 0.4) is 0 Å². The summed E-state index contributed by atoms with van der Waals surface area (Å²) in [6, 6.07) is 18.1. The summed E-state index contributed by atoms with van der Waals surface area (Å²) in [4.78, 5) is 12.5. The van der Waals surface area contributed by atoms with Gasteiger partial charge in [0, 0.05) is 11.8 Å². The highest BCUT2D eigenvalue weighted by atomic mass is 32.2. The summed E-state index contributed by atoms with van der Waals surface area (Å²) in [5.74, 6) is 0.617. The molecule has 0 radical (unpaired) electrons. The van der Waals surface area contributed by atoms with Crippen LogP contribution in [0.15, 0.2) is 75.5 Å². The summed E-state index contributed by atoms with van der Waals surface area (Å²) in [6.45, 7) is 1.79. The number of aryl methyl sites for hydroxylation is 1. The van der Waals surface area contributed by atoms with Crippen molar-refractivity contribution in [2.45, 2.75) is 18.4 Å². The lowest BCUT2D eigenvalue weighted by atomic mass is 10.2. The minimum Gasteiger partial charge on any atom is -0.497 e. The van der Waals surface area contributed by atoms with Crippen molar-refractivity contribution in [3.63, 3.8) is 0 Å². The van der Waals surface area contributed by atoms with Crippen LogP contribution < -0.4 is 14.8 Å². The number of amides is 1. The van der Waals surface area contributed by atoms with Crippen LogP contribution in [0.4, 0.5) is 5.69 Å². The second-order valence-corrected chi connectivity index (χ2v) is 8.56. The van der Waals surface area contributed by atoms with Crippen LogP contribution in [0.5, 0.6) is 5.75 Å². The normalized spacial score (nSPS) is 11.6. The summed E-state index contributed by atoms with van der Waals surface area (Å²) < 4.78 is 37.8. The van der Waals surface area contributed by atoms with Crippen LogP contribution in [0.2, 0.25) is 0 Å². The van der Waals surface area contributed by atoms with Crippen molar-refractivity contribution < 1.29 is 22.4 Å².